The van der Waals surface area contributed by atoms with Gasteiger partial charge in [0.25, 0.3) is 0 Å². The Morgan fingerprint density at radius 2 is 1.81 bits per heavy atom. The van der Waals surface area contributed by atoms with Crippen LogP contribution in [0.25, 0.3) is 0 Å². The second-order valence-corrected chi connectivity index (χ2v) is 15.6. The number of epoxide rings is 1. The zero-order chi connectivity index (χ0) is 25.4. The van der Waals surface area contributed by atoms with Crippen LogP contribution in [0, 0.1) is 23.7 Å². The molecule has 2 aliphatic heterocycles. The van der Waals surface area contributed by atoms with Crippen molar-refractivity contribution in [3.8, 4) is 23.7 Å². The molecular formula is C29H29NO4SSi. The third-order valence-electron chi connectivity index (χ3n) is 6.31. The van der Waals surface area contributed by atoms with E-state index in [1.807, 2.05) is 61.5 Å². The van der Waals surface area contributed by atoms with Crippen molar-refractivity contribution < 1.29 is 18.7 Å². The highest BCUT2D eigenvalue weighted by Crippen LogP contribution is 2.62. The molecule has 3 aliphatic rings. The van der Waals surface area contributed by atoms with E-state index in [0.717, 1.165) is 16.1 Å². The van der Waals surface area contributed by atoms with Gasteiger partial charge in [-0.25, -0.2) is 4.79 Å². The molecule has 2 heterocycles. The number of nitrogens with zero attached hydrogens (tertiary/aromatic N) is 1. The lowest BCUT2D eigenvalue weighted by molar-refractivity contribution is 0.0430. The van der Waals surface area contributed by atoms with Crippen molar-refractivity contribution in [1.82, 2.24) is 0 Å². The molecule has 36 heavy (non-hydrogen) atoms. The van der Waals surface area contributed by atoms with Gasteiger partial charge in [0.05, 0.1) is 5.69 Å². The van der Waals surface area contributed by atoms with E-state index < -0.39 is 31.7 Å². The summed E-state index contributed by atoms with van der Waals surface area (Å²) in [6, 6.07) is 17.3. The number of para-hydroxylation sites is 1. The van der Waals surface area contributed by atoms with Gasteiger partial charge < -0.3 is 13.9 Å². The summed E-state index contributed by atoms with van der Waals surface area (Å²) < 4.78 is 19.0. The molecular weight excluding hydrogens is 486 g/mol. The van der Waals surface area contributed by atoms with E-state index in [4.69, 9.17) is 13.9 Å². The van der Waals surface area contributed by atoms with Crippen molar-refractivity contribution >= 4 is 31.9 Å². The molecule has 2 bridgehead atoms. The average molecular weight is 516 g/mol. The average Bonchev–Trinajstić information content (AvgIpc) is 3.61. The Morgan fingerprint density at radius 1 is 1.08 bits per heavy atom. The van der Waals surface area contributed by atoms with Crippen LogP contribution in [0.3, 0.4) is 0 Å². The zero-order valence-electron chi connectivity index (χ0n) is 20.9. The van der Waals surface area contributed by atoms with Crippen LogP contribution in [0.1, 0.15) is 12.5 Å². The quantitative estimate of drug-likeness (QED) is 0.165. The van der Waals surface area contributed by atoms with E-state index in [9.17, 15) is 4.79 Å². The Labute approximate surface area is 218 Å². The molecule has 1 amide bonds. The van der Waals surface area contributed by atoms with E-state index >= 15 is 0 Å². The van der Waals surface area contributed by atoms with E-state index in [-0.39, 0.29) is 12.7 Å². The van der Waals surface area contributed by atoms with Crippen molar-refractivity contribution in [1.29, 1.82) is 0 Å². The molecule has 0 saturated carbocycles. The number of allylic oxidation sites excluding steroid dienone is 2. The smallest absolute Gasteiger partial charge is 0.415 e. The summed E-state index contributed by atoms with van der Waals surface area (Å²) >= 11 is 1.65. The first-order valence-corrected chi connectivity index (χ1v) is 16.4. The van der Waals surface area contributed by atoms with Gasteiger partial charge in [-0.3, -0.25) is 4.90 Å². The van der Waals surface area contributed by atoms with E-state index in [1.165, 1.54) is 0 Å². The summed E-state index contributed by atoms with van der Waals surface area (Å²) in [5.41, 5.74) is -0.116. The molecule has 1 saturated heterocycles. The second-order valence-electron chi connectivity index (χ2n) is 10.0. The fourth-order valence-electron chi connectivity index (χ4n) is 5.02. The normalized spacial score (nSPS) is 28.3. The molecule has 0 N–H and O–H groups in total. The third kappa shape index (κ3) is 4.49. The maximum absolute atomic E-state index is 13.5. The number of carbonyl (C=O) groups excluding carboxylic acids is 1. The Bertz CT molecular complexity index is 1320. The Morgan fingerprint density at radius 3 is 2.58 bits per heavy atom. The topological polar surface area (TPSA) is 51.3 Å². The zero-order valence-corrected chi connectivity index (χ0v) is 22.7. The molecule has 7 heteroatoms. The first-order valence-electron chi connectivity index (χ1n) is 12.1. The second kappa shape index (κ2) is 9.50. The number of benzene rings is 2. The first kappa shape index (κ1) is 24.7. The van der Waals surface area contributed by atoms with Crippen LogP contribution in [0.4, 0.5) is 10.5 Å². The highest BCUT2D eigenvalue weighted by molar-refractivity contribution is 7.99. The van der Waals surface area contributed by atoms with Gasteiger partial charge in [0.15, 0.2) is 19.5 Å². The minimum Gasteiger partial charge on any atom is -0.448 e. The van der Waals surface area contributed by atoms with Crippen LogP contribution in [0.2, 0.25) is 19.6 Å². The molecule has 1 fully saturated rings. The summed E-state index contributed by atoms with van der Waals surface area (Å²) in [6.07, 6.45) is 2.62. The molecule has 0 aromatic heterocycles. The first-order chi connectivity index (χ1) is 17.3. The van der Waals surface area contributed by atoms with Gasteiger partial charge in [0.2, 0.25) is 0 Å². The molecule has 2 aromatic carbocycles. The Kier molecular flexibility index (Phi) is 6.53. The Hall–Kier alpha value is -2.94. The number of hydrogen-bond donors (Lipinski definition) is 0. The summed E-state index contributed by atoms with van der Waals surface area (Å²) in [4.78, 5) is 16.3. The minimum atomic E-state index is -2.02. The van der Waals surface area contributed by atoms with Crippen molar-refractivity contribution in [2.24, 2.45) is 0 Å². The third-order valence-corrected chi connectivity index (χ3v) is 8.31. The molecule has 2 aromatic rings. The van der Waals surface area contributed by atoms with Gasteiger partial charge in [0, 0.05) is 16.2 Å². The molecule has 0 spiro atoms. The van der Waals surface area contributed by atoms with Crippen LogP contribution in [0.15, 0.2) is 71.6 Å². The van der Waals surface area contributed by atoms with Gasteiger partial charge in [-0.15, -0.1) is 11.8 Å². The number of rotatable bonds is 6. The Balaban J connectivity index is 1.47. The summed E-state index contributed by atoms with van der Waals surface area (Å²) in [5.74, 6) is 13.4. The van der Waals surface area contributed by atoms with Crippen LogP contribution in [-0.2, 0) is 19.5 Å². The van der Waals surface area contributed by atoms with E-state index in [1.54, 1.807) is 28.8 Å². The molecule has 5 rings (SSSR count). The van der Waals surface area contributed by atoms with Gasteiger partial charge in [0.1, 0.15) is 18.8 Å². The maximum Gasteiger partial charge on any atom is 0.415 e. The van der Waals surface area contributed by atoms with Crippen molar-refractivity contribution in [2.75, 3.05) is 17.3 Å². The molecule has 5 nitrogen and oxygen atoms in total. The molecule has 1 aliphatic carbocycles. The number of fused-ring (bicyclic) bond motifs is 1. The monoisotopic (exact) mass is 515 g/mol. The van der Waals surface area contributed by atoms with Crippen molar-refractivity contribution in [3.05, 3.63) is 72.3 Å². The lowest BCUT2D eigenvalue weighted by Crippen LogP contribution is -2.56. The largest absolute Gasteiger partial charge is 0.448 e. The van der Waals surface area contributed by atoms with Crippen LogP contribution >= 0.6 is 11.8 Å². The summed E-state index contributed by atoms with van der Waals surface area (Å²) in [7, 11) is -2.02. The molecule has 0 unspecified atom stereocenters. The van der Waals surface area contributed by atoms with Crippen LogP contribution in [-0.4, -0.2) is 44.5 Å². The lowest BCUT2D eigenvalue weighted by Gasteiger charge is -2.42. The predicted molar refractivity (Wildman–Crippen MR) is 145 cm³/mol. The predicted octanol–water partition coefficient (Wildman–Crippen LogP) is 5.59. The van der Waals surface area contributed by atoms with Gasteiger partial charge in [-0.1, -0.05) is 60.1 Å². The minimum absolute atomic E-state index is 0.287. The highest BCUT2D eigenvalue weighted by atomic mass is 32.2. The molecule has 0 radical (unpaired) electrons. The van der Waals surface area contributed by atoms with Gasteiger partial charge in [-0.05, 0) is 56.9 Å². The number of anilines is 1. The van der Waals surface area contributed by atoms with Gasteiger partial charge in [-0.2, -0.15) is 0 Å². The standard InChI is InChI=1S/C29H29NO4SSi/c1-28(34-36(2,3)4)19-13-6-5-10-18-25-26-29(28,33-26)23-16-11-12-17-24(23)30(25)27(31)32-20-21-35-22-14-8-7-9-15-22/h5-9,11-12,14-17,25-26H,20-21H2,1-4H3/b6-5-/t25-,26-,28+,29+/m1/s1. The molecule has 4 atom stereocenters. The van der Waals surface area contributed by atoms with Crippen molar-refractivity contribution in [2.45, 2.75) is 54.8 Å². The number of hydrogen-bond acceptors (Lipinski definition) is 5. The summed E-state index contributed by atoms with van der Waals surface area (Å²) in [6.45, 7) is 8.73. The number of thioether (sulfide) groups is 1. The summed E-state index contributed by atoms with van der Waals surface area (Å²) in [5, 5.41) is 0. The lowest BCUT2D eigenvalue weighted by atomic mass is 9.75. The molecule has 184 valence electrons. The van der Waals surface area contributed by atoms with E-state index in [2.05, 4.69) is 43.3 Å². The highest BCUT2D eigenvalue weighted by Gasteiger charge is 2.75. The number of ether oxygens (including phenoxy) is 2. The van der Waals surface area contributed by atoms with Gasteiger partial charge >= 0.3 is 6.09 Å². The maximum atomic E-state index is 13.5. The van der Waals surface area contributed by atoms with E-state index in [0.29, 0.717) is 5.75 Å². The number of amides is 1. The fourth-order valence-corrected chi connectivity index (χ4v) is 7.20. The number of carbonyl (C=O) groups is 1. The fraction of sp³-hybridized carbons (Fsp3) is 0.345. The van der Waals surface area contributed by atoms with Crippen LogP contribution in [0.5, 0.6) is 0 Å². The SMILES string of the molecule is C[C@]1(O[Si](C)(C)C)C#C/C=C\C#C[C@@H]2[C@H]3O[C@@]31c1ccccc1N2C(=O)OCCSc1ccccc1. The van der Waals surface area contributed by atoms with Crippen molar-refractivity contribution in [3.63, 3.8) is 0 Å². The van der Waals surface area contributed by atoms with Crippen LogP contribution < -0.4 is 4.90 Å².